The van der Waals surface area contributed by atoms with Crippen LogP contribution in [0.25, 0.3) is 11.2 Å². The summed E-state index contributed by atoms with van der Waals surface area (Å²) in [7, 11) is 1.62. The van der Waals surface area contributed by atoms with E-state index in [0.29, 0.717) is 5.88 Å². The Morgan fingerprint density at radius 3 is 2.94 bits per heavy atom. The minimum atomic E-state index is 0.621. The summed E-state index contributed by atoms with van der Waals surface area (Å²) in [5, 5.41) is 0. The van der Waals surface area contributed by atoms with E-state index < -0.39 is 0 Å². The molecule has 0 bridgehead atoms. The molecule has 0 aliphatic carbocycles. The van der Waals surface area contributed by atoms with Crippen LogP contribution in [0.5, 0.6) is 5.88 Å². The fraction of sp³-hybridized carbons (Fsp3) is 0.500. The van der Waals surface area contributed by atoms with E-state index in [0.717, 1.165) is 28.9 Å². The van der Waals surface area contributed by atoms with Gasteiger partial charge in [0, 0.05) is 12.6 Å². The van der Waals surface area contributed by atoms with Gasteiger partial charge in [0.25, 0.3) is 0 Å². The second kappa shape index (κ2) is 5.31. The number of nitrogens with zero attached hydrogens (tertiary/aromatic N) is 2. The number of aromatic amines is 1. The lowest BCUT2D eigenvalue weighted by Gasteiger charge is -2.04. The van der Waals surface area contributed by atoms with E-state index in [1.54, 1.807) is 7.11 Å². The summed E-state index contributed by atoms with van der Waals surface area (Å²) < 4.78 is 7.92. The van der Waals surface area contributed by atoms with Crippen LogP contribution < -0.4 is 4.74 Å². The number of hydrogen-bond acceptors (Lipinski definition) is 3. The number of rotatable bonds is 5. The lowest BCUT2D eigenvalue weighted by Crippen LogP contribution is -1.99. The fourth-order valence-electron chi connectivity index (χ4n) is 1.85. The molecule has 0 spiro atoms. The Morgan fingerprint density at radius 2 is 2.24 bits per heavy atom. The van der Waals surface area contributed by atoms with Crippen molar-refractivity contribution in [2.24, 2.45) is 0 Å². The Kier molecular flexibility index (Phi) is 3.78. The van der Waals surface area contributed by atoms with E-state index in [2.05, 4.69) is 16.9 Å². The van der Waals surface area contributed by atoms with Crippen molar-refractivity contribution in [2.75, 3.05) is 7.11 Å². The van der Waals surface area contributed by atoms with Crippen molar-refractivity contribution in [3.05, 3.63) is 16.9 Å². The molecule has 5 heteroatoms. The number of ether oxygens (including phenoxy) is 1. The molecule has 4 nitrogen and oxygen atoms in total. The number of methoxy groups -OCH3 is 1. The smallest absolute Gasteiger partial charge is 0.215 e. The number of aromatic nitrogens is 3. The third-order valence-electron chi connectivity index (χ3n) is 2.79. The lowest BCUT2D eigenvalue weighted by atomic mass is 10.2. The number of H-pyrrole nitrogens is 1. The van der Waals surface area contributed by atoms with E-state index in [1.807, 2.05) is 16.7 Å². The Balaban J connectivity index is 2.38. The molecule has 0 amide bonds. The Labute approximate surface area is 106 Å². The van der Waals surface area contributed by atoms with E-state index in [4.69, 9.17) is 17.0 Å². The van der Waals surface area contributed by atoms with Gasteiger partial charge >= 0.3 is 0 Å². The van der Waals surface area contributed by atoms with Gasteiger partial charge in [-0.3, -0.25) is 0 Å². The highest BCUT2D eigenvalue weighted by atomic mass is 32.1. The van der Waals surface area contributed by atoms with Crippen LogP contribution >= 0.6 is 12.2 Å². The molecule has 0 aliphatic rings. The van der Waals surface area contributed by atoms with Crippen molar-refractivity contribution in [3.63, 3.8) is 0 Å². The number of pyridine rings is 1. The summed E-state index contributed by atoms with van der Waals surface area (Å²) in [6.07, 6.45) is 3.53. The van der Waals surface area contributed by atoms with Gasteiger partial charge in [0.2, 0.25) is 5.88 Å². The summed E-state index contributed by atoms with van der Waals surface area (Å²) in [5.74, 6) is 0.621. The Bertz CT molecular complexity index is 558. The maximum absolute atomic E-state index is 5.31. The van der Waals surface area contributed by atoms with Gasteiger partial charge in [0.05, 0.1) is 12.6 Å². The minimum absolute atomic E-state index is 0.621. The van der Waals surface area contributed by atoms with Crippen LogP contribution in [0.3, 0.4) is 0 Å². The van der Waals surface area contributed by atoms with E-state index in [-0.39, 0.29) is 0 Å². The first-order chi connectivity index (χ1) is 8.26. The molecular formula is C12H17N3OS. The molecule has 2 rings (SSSR count). The Morgan fingerprint density at radius 1 is 1.41 bits per heavy atom. The Hall–Kier alpha value is -1.36. The van der Waals surface area contributed by atoms with Crippen LogP contribution in [0.1, 0.15) is 26.2 Å². The summed E-state index contributed by atoms with van der Waals surface area (Å²) in [4.78, 5) is 7.60. The first kappa shape index (κ1) is 12.1. The minimum Gasteiger partial charge on any atom is -0.481 e. The molecule has 0 aliphatic heterocycles. The SMILES string of the molecule is CCCCCn1c(=S)[nH]c2ccc(OC)nc21. The number of nitrogens with one attached hydrogen (secondary N) is 1. The van der Waals surface area contributed by atoms with E-state index >= 15 is 0 Å². The zero-order chi connectivity index (χ0) is 12.3. The van der Waals surface area contributed by atoms with Crippen molar-refractivity contribution in [3.8, 4) is 5.88 Å². The van der Waals surface area contributed by atoms with Gasteiger partial charge in [0.1, 0.15) is 0 Å². The molecule has 0 fully saturated rings. The predicted octanol–water partition coefficient (Wildman–Crippen LogP) is 3.29. The van der Waals surface area contributed by atoms with Crippen LogP contribution in [0, 0.1) is 4.77 Å². The van der Waals surface area contributed by atoms with Crippen LogP contribution in [0.2, 0.25) is 0 Å². The van der Waals surface area contributed by atoms with Crippen LogP contribution in [0.4, 0.5) is 0 Å². The highest BCUT2D eigenvalue weighted by molar-refractivity contribution is 7.71. The number of unbranched alkanes of at least 4 members (excludes halogenated alkanes) is 2. The maximum atomic E-state index is 5.31. The van der Waals surface area contributed by atoms with Crippen molar-refractivity contribution < 1.29 is 4.74 Å². The van der Waals surface area contributed by atoms with Gasteiger partial charge in [-0.25, -0.2) is 0 Å². The third kappa shape index (κ3) is 2.49. The van der Waals surface area contributed by atoms with Crippen molar-refractivity contribution in [2.45, 2.75) is 32.7 Å². The molecule has 0 atom stereocenters. The molecule has 0 saturated carbocycles. The normalized spacial score (nSPS) is 10.9. The van der Waals surface area contributed by atoms with Gasteiger partial charge in [0.15, 0.2) is 10.4 Å². The van der Waals surface area contributed by atoms with Gasteiger partial charge in [-0.15, -0.1) is 0 Å². The summed E-state index contributed by atoms with van der Waals surface area (Å²) in [6, 6.07) is 3.79. The average molecular weight is 251 g/mol. The molecule has 2 heterocycles. The van der Waals surface area contributed by atoms with E-state index in [9.17, 15) is 0 Å². The number of fused-ring (bicyclic) bond motifs is 1. The molecule has 92 valence electrons. The molecule has 0 saturated heterocycles. The molecular weight excluding hydrogens is 234 g/mol. The summed E-state index contributed by atoms with van der Waals surface area (Å²) in [6.45, 7) is 3.10. The molecule has 1 N–H and O–H groups in total. The summed E-state index contributed by atoms with van der Waals surface area (Å²) in [5.41, 5.74) is 1.85. The topological polar surface area (TPSA) is 42.8 Å². The van der Waals surface area contributed by atoms with Crippen molar-refractivity contribution >= 4 is 23.4 Å². The second-order valence-electron chi connectivity index (χ2n) is 4.01. The molecule has 2 aromatic rings. The third-order valence-corrected chi connectivity index (χ3v) is 3.11. The number of imidazole rings is 1. The standard InChI is InChI=1S/C12H17N3OS/c1-3-4-5-8-15-11-9(13-12(15)17)6-7-10(14-11)16-2/h6-7H,3-5,8H2,1-2H3,(H,13,17). The highest BCUT2D eigenvalue weighted by Gasteiger charge is 2.06. The van der Waals surface area contributed by atoms with Gasteiger partial charge in [-0.2, -0.15) is 4.98 Å². The second-order valence-corrected chi connectivity index (χ2v) is 4.40. The molecule has 2 aromatic heterocycles. The number of aryl methyl sites for hydroxylation is 1. The predicted molar refractivity (Wildman–Crippen MR) is 71.0 cm³/mol. The van der Waals surface area contributed by atoms with Gasteiger partial charge < -0.3 is 14.3 Å². The monoisotopic (exact) mass is 251 g/mol. The molecule has 0 unspecified atom stereocenters. The lowest BCUT2D eigenvalue weighted by molar-refractivity contribution is 0.399. The molecule has 0 radical (unpaired) electrons. The molecule has 17 heavy (non-hydrogen) atoms. The zero-order valence-corrected chi connectivity index (χ0v) is 11.0. The van der Waals surface area contributed by atoms with Crippen molar-refractivity contribution in [1.82, 2.24) is 14.5 Å². The fourth-order valence-corrected chi connectivity index (χ4v) is 2.14. The largest absolute Gasteiger partial charge is 0.481 e. The van der Waals surface area contributed by atoms with Crippen LogP contribution in [-0.2, 0) is 6.54 Å². The van der Waals surface area contributed by atoms with Crippen LogP contribution in [-0.4, -0.2) is 21.6 Å². The quantitative estimate of drug-likeness (QED) is 0.655. The number of hydrogen-bond donors (Lipinski definition) is 1. The zero-order valence-electron chi connectivity index (χ0n) is 10.2. The first-order valence-electron chi connectivity index (χ1n) is 5.89. The highest BCUT2D eigenvalue weighted by Crippen LogP contribution is 2.17. The van der Waals surface area contributed by atoms with E-state index in [1.165, 1.54) is 12.8 Å². The van der Waals surface area contributed by atoms with Gasteiger partial charge in [-0.1, -0.05) is 19.8 Å². The first-order valence-corrected chi connectivity index (χ1v) is 6.30. The van der Waals surface area contributed by atoms with Gasteiger partial charge in [-0.05, 0) is 24.7 Å². The maximum Gasteiger partial charge on any atom is 0.215 e. The van der Waals surface area contributed by atoms with Crippen LogP contribution in [0.15, 0.2) is 12.1 Å². The molecule has 0 aromatic carbocycles. The average Bonchev–Trinajstić information content (AvgIpc) is 2.65. The van der Waals surface area contributed by atoms with Crippen molar-refractivity contribution in [1.29, 1.82) is 0 Å². The summed E-state index contributed by atoms with van der Waals surface area (Å²) >= 11 is 5.31.